The van der Waals surface area contributed by atoms with Gasteiger partial charge in [-0.2, -0.15) is 0 Å². The minimum absolute atomic E-state index is 0.187. The van der Waals surface area contributed by atoms with Crippen molar-refractivity contribution in [3.05, 3.63) is 11.6 Å². The maximum atomic E-state index is 10.1. The lowest BCUT2D eigenvalue weighted by Crippen LogP contribution is -2.50. The van der Waals surface area contributed by atoms with E-state index in [-0.39, 0.29) is 6.10 Å². The van der Waals surface area contributed by atoms with Crippen molar-refractivity contribution in [2.24, 2.45) is 34.5 Å². The molecule has 2 nitrogen and oxygen atoms in total. The van der Waals surface area contributed by atoms with Gasteiger partial charge in [-0.1, -0.05) is 52.2 Å². The van der Waals surface area contributed by atoms with Gasteiger partial charge >= 0.3 is 0 Å². The lowest BCUT2D eigenvalue weighted by molar-refractivity contribution is -0.0564. The number of allylic oxidation sites excluding steroid dienone is 1. The van der Waals surface area contributed by atoms with E-state index in [1.807, 2.05) is 27.7 Å². The highest BCUT2D eigenvalue weighted by molar-refractivity contribution is 5.25. The lowest BCUT2D eigenvalue weighted by atomic mass is 9.46. The number of fused-ring (bicyclic) bond motifs is 5. The molecule has 6 unspecified atom stereocenters. The SMILES string of the molecule is CC.CC(C)(O)CCCCC1CCC2[C@@H]3CCC4=CC(O)CCC4(C)C3CCC12C. The van der Waals surface area contributed by atoms with E-state index in [0.29, 0.717) is 10.8 Å². The van der Waals surface area contributed by atoms with Crippen molar-refractivity contribution < 1.29 is 10.2 Å². The van der Waals surface area contributed by atoms with Crippen molar-refractivity contribution in [1.29, 1.82) is 0 Å². The Balaban J connectivity index is 0.00000124. The van der Waals surface area contributed by atoms with E-state index in [4.69, 9.17) is 0 Å². The molecule has 2 N–H and O–H groups in total. The quantitative estimate of drug-likeness (QED) is 0.363. The number of aliphatic hydroxyl groups excluding tert-OH is 1. The number of aliphatic hydroxyl groups is 2. The standard InChI is InChI=1S/C26H44O2.C2H6/c1-24(2,28)14-6-5-7-18-9-11-22-21-10-8-19-17-20(27)12-15-26(19,4)23(21)13-16-25(18,22)3;1-2/h17-18,20-23,27-28H,5-16H2,1-4H3;1-2H3/t18?,20?,21-,22?,23?,25?,26?;/m0./s1. The van der Waals surface area contributed by atoms with Gasteiger partial charge in [-0.05, 0) is 113 Å². The van der Waals surface area contributed by atoms with Crippen molar-refractivity contribution in [2.45, 2.75) is 130 Å². The zero-order valence-electron chi connectivity index (χ0n) is 20.8. The van der Waals surface area contributed by atoms with Crippen LogP contribution in [0, 0.1) is 34.5 Å². The second-order valence-electron chi connectivity index (χ2n) is 12.0. The molecule has 0 amide bonds. The van der Waals surface area contributed by atoms with Crippen LogP contribution in [0.1, 0.15) is 119 Å². The monoisotopic (exact) mass is 418 g/mol. The molecule has 30 heavy (non-hydrogen) atoms. The zero-order chi connectivity index (χ0) is 22.2. The lowest BCUT2D eigenvalue weighted by Gasteiger charge is -2.58. The molecule has 4 aliphatic carbocycles. The molecule has 0 aromatic carbocycles. The predicted octanol–water partition coefficient (Wildman–Crippen LogP) is 7.28. The average Bonchev–Trinajstić information content (AvgIpc) is 3.03. The van der Waals surface area contributed by atoms with Gasteiger partial charge in [0.25, 0.3) is 0 Å². The number of rotatable bonds is 5. The van der Waals surface area contributed by atoms with Gasteiger partial charge in [0.15, 0.2) is 0 Å². The van der Waals surface area contributed by atoms with Crippen LogP contribution in [0.25, 0.3) is 0 Å². The first-order chi connectivity index (χ1) is 14.1. The molecular weight excluding hydrogens is 368 g/mol. The highest BCUT2D eigenvalue weighted by Crippen LogP contribution is 2.67. The van der Waals surface area contributed by atoms with Crippen LogP contribution in [0.15, 0.2) is 11.6 Å². The first kappa shape index (κ1) is 24.3. The van der Waals surface area contributed by atoms with E-state index in [1.54, 1.807) is 5.57 Å². The Morgan fingerprint density at radius 3 is 2.40 bits per heavy atom. The second kappa shape index (κ2) is 9.26. The van der Waals surface area contributed by atoms with Crippen molar-refractivity contribution in [3.8, 4) is 0 Å². The summed E-state index contributed by atoms with van der Waals surface area (Å²) in [5.41, 5.74) is 2.02. The summed E-state index contributed by atoms with van der Waals surface area (Å²) in [5, 5.41) is 20.1. The van der Waals surface area contributed by atoms with Crippen LogP contribution in [0.3, 0.4) is 0 Å². The first-order valence-electron chi connectivity index (χ1n) is 13.3. The topological polar surface area (TPSA) is 40.5 Å². The normalized spacial score (nSPS) is 42.9. The van der Waals surface area contributed by atoms with Gasteiger partial charge in [-0.25, -0.2) is 0 Å². The third kappa shape index (κ3) is 4.56. The summed E-state index contributed by atoms with van der Waals surface area (Å²) in [5.74, 6) is 3.60. The minimum Gasteiger partial charge on any atom is -0.390 e. The second-order valence-corrected chi connectivity index (χ2v) is 12.0. The van der Waals surface area contributed by atoms with Crippen molar-refractivity contribution in [1.82, 2.24) is 0 Å². The van der Waals surface area contributed by atoms with E-state index >= 15 is 0 Å². The van der Waals surface area contributed by atoms with E-state index in [0.717, 1.165) is 36.5 Å². The Morgan fingerprint density at radius 2 is 1.70 bits per heavy atom. The van der Waals surface area contributed by atoms with Crippen LogP contribution in [0.5, 0.6) is 0 Å². The maximum absolute atomic E-state index is 10.1. The maximum Gasteiger partial charge on any atom is 0.0724 e. The van der Waals surface area contributed by atoms with Gasteiger partial charge < -0.3 is 10.2 Å². The van der Waals surface area contributed by atoms with E-state index < -0.39 is 5.60 Å². The fraction of sp³-hybridized carbons (Fsp3) is 0.929. The Labute approximate surface area is 186 Å². The van der Waals surface area contributed by atoms with Gasteiger partial charge in [-0.3, -0.25) is 0 Å². The Morgan fingerprint density at radius 1 is 0.967 bits per heavy atom. The number of hydrogen-bond donors (Lipinski definition) is 2. The molecule has 7 atom stereocenters. The highest BCUT2D eigenvalue weighted by Gasteiger charge is 2.58. The summed E-state index contributed by atoms with van der Waals surface area (Å²) in [7, 11) is 0. The van der Waals surface area contributed by atoms with Crippen LogP contribution >= 0.6 is 0 Å². The summed E-state index contributed by atoms with van der Waals surface area (Å²) in [6.45, 7) is 13.1. The van der Waals surface area contributed by atoms with Crippen molar-refractivity contribution >= 4 is 0 Å². The molecule has 0 spiro atoms. The largest absolute Gasteiger partial charge is 0.390 e. The van der Waals surface area contributed by atoms with E-state index in [9.17, 15) is 10.2 Å². The van der Waals surface area contributed by atoms with Crippen LogP contribution in [0.2, 0.25) is 0 Å². The summed E-state index contributed by atoms with van der Waals surface area (Å²) in [4.78, 5) is 0. The Hall–Kier alpha value is -0.340. The van der Waals surface area contributed by atoms with Crippen molar-refractivity contribution in [3.63, 3.8) is 0 Å². The predicted molar refractivity (Wildman–Crippen MR) is 127 cm³/mol. The summed E-state index contributed by atoms with van der Waals surface area (Å²) >= 11 is 0. The fourth-order valence-electron chi connectivity index (χ4n) is 8.24. The smallest absolute Gasteiger partial charge is 0.0724 e. The molecule has 4 aliphatic rings. The minimum atomic E-state index is -0.503. The van der Waals surface area contributed by atoms with E-state index in [1.165, 1.54) is 64.2 Å². The Bertz CT molecular complexity index is 602. The number of hydrogen-bond acceptors (Lipinski definition) is 2. The molecule has 0 aromatic rings. The molecule has 4 rings (SSSR count). The zero-order valence-corrected chi connectivity index (χ0v) is 20.8. The molecule has 2 heteroatoms. The molecule has 174 valence electrons. The van der Waals surface area contributed by atoms with Crippen LogP contribution in [-0.2, 0) is 0 Å². The highest BCUT2D eigenvalue weighted by atomic mass is 16.3. The van der Waals surface area contributed by atoms with Crippen LogP contribution < -0.4 is 0 Å². The molecule has 3 saturated carbocycles. The first-order valence-corrected chi connectivity index (χ1v) is 13.3. The molecule has 0 saturated heterocycles. The van der Waals surface area contributed by atoms with Gasteiger partial charge in [0.2, 0.25) is 0 Å². The van der Waals surface area contributed by atoms with Gasteiger partial charge in [-0.15, -0.1) is 0 Å². The molecule has 0 bridgehead atoms. The summed E-state index contributed by atoms with van der Waals surface area (Å²) in [6.07, 6.45) is 17.3. The molecule has 0 heterocycles. The van der Waals surface area contributed by atoms with Crippen molar-refractivity contribution in [2.75, 3.05) is 0 Å². The third-order valence-corrected chi connectivity index (χ3v) is 9.88. The van der Waals surface area contributed by atoms with Gasteiger partial charge in [0, 0.05) is 0 Å². The summed E-state index contributed by atoms with van der Waals surface area (Å²) < 4.78 is 0. The molecule has 3 fully saturated rings. The van der Waals surface area contributed by atoms with E-state index in [2.05, 4.69) is 19.9 Å². The van der Waals surface area contributed by atoms with Gasteiger partial charge in [0.05, 0.1) is 11.7 Å². The molecule has 0 aromatic heterocycles. The fourth-order valence-corrected chi connectivity index (χ4v) is 8.24. The Kier molecular flexibility index (Phi) is 7.50. The molecule has 0 radical (unpaired) electrons. The number of unbranched alkanes of at least 4 members (excludes halogenated alkanes) is 1. The molecule has 0 aliphatic heterocycles. The van der Waals surface area contributed by atoms with Crippen LogP contribution in [0.4, 0.5) is 0 Å². The average molecular weight is 419 g/mol. The summed E-state index contributed by atoms with van der Waals surface area (Å²) in [6, 6.07) is 0. The van der Waals surface area contributed by atoms with Crippen LogP contribution in [-0.4, -0.2) is 21.9 Å². The van der Waals surface area contributed by atoms with Gasteiger partial charge in [0.1, 0.15) is 0 Å². The third-order valence-electron chi connectivity index (χ3n) is 9.88. The molecular formula is C28H50O2.